The number of hydrogen-bond acceptors (Lipinski definition) is 2. The van der Waals surface area contributed by atoms with Crippen LogP contribution in [0.3, 0.4) is 0 Å². The summed E-state index contributed by atoms with van der Waals surface area (Å²) in [5.41, 5.74) is 5.60. The molecule has 0 aromatic carbocycles. The summed E-state index contributed by atoms with van der Waals surface area (Å²) in [7, 11) is 0. The van der Waals surface area contributed by atoms with E-state index in [9.17, 15) is 5.11 Å². The summed E-state index contributed by atoms with van der Waals surface area (Å²) in [6, 6.07) is -0.00530. The van der Waals surface area contributed by atoms with Crippen LogP contribution in [-0.2, 0) is 0 Å². The summed E-state index contributed by atoms with van der Waals surface area (Å²) in [6.07, 6.45) is 2.17. The first-order chi connectivity index (χ1) is 5.37. The second kappa shape index (κ2) is 2.05. The van der Waals surface area contributed by atoms with Crippen LogP contribution in [0.1, 0.15) is 33.6 Å². The highest BCUT2D eigenvalue weighted by Gasteiger charge is 2.61. The number of fused-ring (bicyclic) bond motifs is 2. The SMILES string of the molecule is CC1(C)[C@@H]2C[C@H]1[C@](C)(O)[C@@H](N)C2. The van der Waals surface area contributed by atoms with Crippen molar-refractivity contribution in [2.75, 3.05) is 0 Å². The van der Waals surface area contributed by atoms with Gasteiger partial charge in [-0.1, -0.05) is 13.8 Å². The third-order valence-electron chi connectivity index (χ3n) is 4.47. The summed E-state index contributed by atoms with van der Waals surface area (Å²) < 4.78 is 0. The fraction of sp³-hybridized carbons (Fsp3) is 1.00. The molecule has 3 N–H and O–H groups in total. The van der Waals surface area contributed by atoms with Crippen LogP contribution in [0.5, 0.6) is 0 Å². The molecule has 3 aliphatic carbocycles. The number of rotatable bonds is 0. The Kier molecular flexibility index (Phi) is 1.45. The maximum atomic E-state index is 10.2. The molecular formula is C10H19NO. The van der Waals surface area contributed by atoms with Gasteiger partial charge in [-0.2, -0.15) is 0 Å². The second-order valence-corrected chi connectivity index (χ2v) is 5.37. The van der Waals surface area contributed by atoms with Crippen LogP contribution in [0.4, 0.5) is 0 Å². The molecule has 70 valence electrons. The van der Waals surface area contributed by atoms with E-state index >= 15 is 0 Å². The van der Waals surface area contributed by atoms with Crippen LogP contribution in [0.2, 0.25) is 0 Å². The lowest BCUT2D eigenvalue weighted by Crippen LogP contribution is -2.68. The van der Waals surface area contributed by atoms with Crippen molar-refractivity contribution < 1.29 is 5.11 Å². The van der Waals surface area contributed by atoms with E-state index in [1.807, 2.05) is 6.92 Å². The van der Waals surface area contributed by atoms with Crippen molar-refractivity contribution in [1.29, 1.82) is 0 Å². The third kappa shape index (κ3) is 0.775. The summed E-state index contributed by atoms with van der Waals surface area (Å²) in [4.78, 5) is 0. The molecule has 0 aliphatic heterocycles. The molecule has 0 unspecified atom stereocenters. The summed E-state index contributed by atoms with van der Waals surface area (Å²) in [5.74, 6) is 1.16. The van der Waals surface area contributed by atoms with Crippen LogP contribution in [-0.4, -0.2) is 16.7 Å². The fourth-order valence-corrected chi connectivity index (χ4v) is 3.21. The van der Waals surface area contributed by atoms with Gasteiger partial charge in [0.25, 0.3) is 0 Å². The standard InChI is InChI=1S/C10H19NO/c1-9(2)6-4-7(9)10(3,12)8(11)5-6/h6-8,12H,4-5,11H2,1-3H3/t6-,7-,8+,10+/m1/s1. The Bertz CT molecular complexity index is 210. The molecule has 0 heterocycles. The zero-order chi connectivity index (χ0) is 9.15. The Labute approximate surface area is 74.1 Å². The minimum absolute atomic E-state index is 0.00530. The van der Waals surface area contributed by atoms with Crippen molar-refractivity contribution in [2.45, 2.75) is 45.3 Å². The average Bonchev–Trinajstić information content (AvgIpc) is 1.93. The van der Waals surface area contributed by atoms with Crippen LogP contribution in [0, 0.1) is 17.3 Å². The molecule has 3 saturated carbocycles. The molecule has 0 aromatic heterocycles. The molecule has 0 amide bonds. The Morgan fingerprint density at radius 2 is 1.83 bits per heavy atom. The minimum atomic E-state index is -0.627. The van der Waals surface area contributed by atoms with Gasteiger partial charge >= 0.3 is 0 Å². The van der Waals surface area contributed by atoms with E-state index in [1.165, 1.54) is 6.42 Å². The highest BCUT2D eigenvalue weighted by Crippen LogP contribution is 2.62. The fourth-order valence-electron chi connectivity index (χ4n) is 3.21. The molecule has 3 rings (SSSR count). The van der Waals surface area contributed by atoms with Crippen LogP contribution in [0.25, 0.3) is 0 Å². The van der Waals surface area contributed by atoms with Crippen molar-refractivity contribution in [2.24, 2.45) is 23.0 Å². The van der Waals surface area contributed by atoms with Gasteiger partial charge in [-0.3, -0.25) is 0 Å². The van der Waals surface area contributed by atoms with Crippen molar-refractivity contribution in [3.63, 3.8) is 0 Å². The van der Waals surface area contributed by atoms with Crippen LogP contribution in [0.15, 0.2) is 0 Å². The van der Waals surface area contributed by atoms with E-state index in [4.69, 9.17) is 5.73 Å². The molecule has 0 saturated heterocycles. The zero-order valence-corrected chi connectivity index (χ0v) is 8.17. The predicted molar refractivity (Wildman–Crippen MR) is 48.6 cm³/mol. The highest BCUT2D eigenvalue weighted by atomic mass is 16.3. The van der Waals surface area contributed by atoms with Crippen LogP contribution < -0.4 is 5.73 Å². The molecule has 3 aliphatic rings. The number of aliphatic hydroxyl groups is 1. The van der Waals surface area contributed by atoms with E-state index < -0.39 is 5.60 Å². The first-order valence-electron chi connectivity index (χ1n) is 4.84. The lowest BCUT2D eigenvalue weighted by atomic mass is 9.43. The maximum absolute atomic E-state index is 10.2. The maximum Gasteiger partial charge on any atom is 0.0803 e. The lowest BCUT2D eigenvalue weighted by molar-refractivity contribution is -0.202. The summed E-state index contributed by atoms with van der Waals surface area (Å²) in [5, 5.41) is 10.2. The van der Waals surface area contributed by atoms with E-state index in [0.29, 0.717) is 11.3 Å². The summed E-state index contributed by atoms with van der Waals surface area (Å²) in [6.45, 7) is 6.41. The Balaban J connectivity index is 2.27. The van der Waals surface area contributed by atoms with Crippen molar-refractivity contribution in [3.05, 3.63) is 0 Å². The van der Waals surface area contributed by atoms with Crippen molar-refractivity contribution in [1.82, 2.24) is 0 Å². The zero-order valence-electron chi connectivity index (χ0n) is 8.17. The molecule has 2 heteroatoms. The third-order valence-corrected chi connectivity index (χ3v) is 4.47. The molecule has 3 fully saturated rings. The average molecular weight is 169 g/mol. The van der Waals surface area contributed by atoms with Crippen LogP contribution >= 0.6 is 0 Å². The molecule has 12 heavy (non-hydrogen) atoms. The van der Waals surface area contributed by atoms with E-state index in [-0.39, 0.29) is 6.04 Å². The minimum Gasteiger partial charge on any atom is -0.388 e. The van der Waals surface area contributed by atoms with Gasteiger partial charge in [0, 0.05) is 6.04 Å². The first-order valence-corrected chi connectivity index (χ1v) is 4.84. The molecular weight excluding hydrogens is 150 g/mol. The molecule has 0 spiro atoms. The molecule has 0 aromatic rings. The van der Waals surface area contributed by atoms with E-state index in [1.54, 1.807) is 0 Å². The normalized spacial score (nSPS) is 56.2. The monoisotopic (exact) mass is 169 g/mol. The predicted octanol–water partition coefficient (Wildman–Crippen LogP) is 1.13. The smallest absolute Gasteiger partial charge is 0.0803 e. The first kappa shape index (κ1) is 8.52. The number of nitrogens with two attached hydrogens (primary N) is 1. The van der Waals surface area contributed by atoms with Gasteiger partial charge in [-0.05, 0) is 37.0 Å². The molecule has 4 atom stereocenters. The largest absolute Gasteiger partial charge is 0.388 e. The highest BCUT2D eigenvalue weighted by molar-refractivity contribution is 5.13. The lowest BCUT2D eigenvalue weighted by Gasteiger charge is -2.64. The van der Waals surface area contributed by atoms with E-state index in [2.05, 4.69) is 13.8 Å². The quantitative estimate of drug-likeness (QED) is 0.571. The van der Waals surface area contributed by atoms with Gasteiger partial charge in [0.1, 0.15) is 0 Å². The Morgan fingerprint density at radius 1 is 1.25 bits per heavy atom. The number of hydrogen-bond donors (Lipinski definition) is 2. The Hall–Kier alpha value is -0.0800. The molecule has 0 radical (unpaired) electrons. The second-order valence-electron chi connectivity index (χ2n) is 5.37. The van der Waals surface area contributed by atoms with Gasteiger partial charge in [0.2, 0.25) is 0 Å². The van der Waals surface area contributed by atoms with Gasteiger partial charge < -0.3 is 10.8 Å². The summed E-state index contributed by atoms with van der Waals surface area (Å²) >= 11 is 0. The van der Waals surface area contributed by atoms with Gasteiger partial charge in [-0.15, -0.1) is 0 Å². The van der Waals surface area contributed by atoms with E-state index in [0.717, 1.165) is 12.3 Å². The van der Waals surface area contributed by atoms with Gasteiger partial charge in [0.15, 0.2) is 0 Å². The Morgan fingerprint density at radius 3 is 2.17 bits per heavy atom. The van der Waals surface area contributed by atoms with Gasteiger partial charge in [0.05, 0.1) is 5.60 Å². The topological polar surface area (TPSA) is 46.2 Å². The molecule has 2 bridgehead atoms. The van der Waals surface area contributed by atoms with Crippen molar-refractivity contribution >= 4 is 0 Å². The van der Waals surface area contributed by atoms with Crippen molar-refractivity contribution in [3.8, 4) is 0 Å². The van der Waals surface area contributed by atoms with Gasteiger partial charge in [-0.25, -0.2) is 0 Å². The molecule has 2 nitrogen and oxygen atoms in total.